The van der Waals surface area contributed by atoms with Crippen LogP contribution in [0.3, 0.4) is 0 Å². The van der Waals surface area contributed by atoms with Gasteiger partial charge in [-0.15, -0.1) is 5.11 Å². The Bertz CT molecular complexity index is 1270. The van der Waals surface area contributed by atoms with Gasteiger partial charge in [0.15, 0.2) is 5.75 Å². The highest BCUT2D eigenvalue weighted by molar-refractivity contribution is 6.31. The van der Waals surface area contributed by atoms with Crippen molar-refractivity contribution in [3.05, 3.63) is 89.4 Å². The summed E-state index contributed by atoms with van der Waals surface area (Å²) in [6.45, 7) is 0. The van der Waals surface area contributed by atoms with Gasteiger partial charge in [0.05, 0.1) is 11.3 Å². The van der Waals surface area contributed by atoms with Crippen LogP contribution in [0.1, 0.15) is 10.4 Å². The quantitative estimate of drug-likeness (QED) is 0.263. The molecule has 0 aromatic heterocycles. The number of nitrogen functional groups attached to an aromatic ring is 1. The molecule has 4 N–H and O–H groups in total. The number of azo groups is 1. The van der Waals surface area contributed by atoms with Gasteiger partial charge in [0.1, 0.15) is 5.69 Å². The van der Waals surface area contributed by atoms with E-state index in [1.54, 1.807) is 54.6 Å². The topological polar surface area (TPSA) is 100 Å². The van der Waals surface area contributed by atoms with Crippen molar-refractivity contribution < 1.29 is 9.90 Å². The minimum absolute atomic E-state index is 0.0833. The average Bonchev–Trinajstić information content (AvgIpc) is 2.74. The number of nitrogens with two attached hydrogens (primary N) is 1. The molecule has 0 saturated carbocycles. The van der Waals surface area contributed by atoms with Gasteiger partial charge in [-0.25, -0.2) is 0 Å². The fourth-order valence-electron chi connectivity index (χ4n) is 3.01. The van der Waals surface area contributed by atoms with E-state index in [4.69, 9.17) is 17.3 Å². The minimum atomic E-state index is -0.482. The summed E-state index contributed by atoms with van der Waals surface area (Å²) >= 11 is 5.98. The van der Waals surface area contributed by atoms with E-state index in [-0.39, 0.29) is 17.0 Å². The molecule has 0 aliphatic carbocycles. The Morgan fingerprint density at radius 3 is 2.47 bits per heavy atom. The second-order valence-corrected chi connectivity index (χ2v) is 7.03. The number of aromatic hydroxyl groups is 1. The van der Waals surface area contributed by atoms with Crippen LogP contribution in [-0.4, -0.2) is 11.0 Å². The molecule has 0 fully saturated rings. The number of fused-ring (bicyclic) bond motifs is 1. The maximum atomic E-state index is 12.9. The van der Waals surface area contributed by atoms with Crippen LogP contribution in [0.2, 0.25) is 5.02 Å². The highest BCUT2D eigenvalue weighted by Crippen LogP contribution is 2.39. The highest BCUT2D eigenvalue weighted by atomic mass is 35.5. The Morgan fingerprint density at radius 1 is 0.933 bits per heavy atom. The molecule has 148 valence electrons. The second kappa shape index (κ2) is 8.23. The van der Waals surface area contributed by atoms with Gasteiger partial charge in [-0.1, -0.05) is 41.9 Å². The molecule has 0 bridgehead atoms. The summed E-state index contributed by atoms with van der Waals surface area (Å²) in [7, 11) is 0. The van der Waals surface area contributed by atoms with Crippen molar-refractivity contribution in [3.8, 4) is 5.75 Å². The monoisotopic (exact) mass is 416 g/mol. The molecule has 4 rings (SSSR count). The first-order valence-corrected chi connectivity index (χ1v) is 9.48. The SMILES string of the molecule is Nc1ccc(N=Nc2c(O)c(C(=O)Nc3cccc(Cl)c3)cc3ccccc23)cc1. The molecule has 1 amide bonds. The number of carbonyl (C=O) groups is 1. The number of phenolic OH excluding ortho intramolecular Hbond substituents is 1. The third-order valence-electron chi connectivity index (χ3n) is 4.48. The molecular weight excluding hydrogens is 400 g/mol. The lowest BCUT2D eigenvalue weighted by atomic mass is 10.0. The number of phenols is 1. The van der Waals surface area contributed by atoms with Gasteiger partial charge in [0.25, 0.3) is 5.91 Å². The summed E-state index contributed by atoms with van der Waals surface area (Å²) in [5.41, 5.74) is 7.69. The van der Waals surface area contributed by atoms with E-state index in [0.717, 1.165) is 5.39 Å². The molecule has 0 unspecified atom stereocenters. The molecule has 6 nitrogen and oxygen atoms in total. The molecular formula is C23H17ClN4O2. The number of nitrogens with zero attached hydrogens (tertiary/aromatic N) is 2. The Labute approximate surface area is 177 Å². The van der Waals surface area contributed by atoms with Gasteiger partial charge in [-0.3, -0.25) is 4.79 Å². The van der Waals surface area contributed by atoms with Crippen LogP contribution in [0.25, 0.3) is 10.8 Å². The van der Waals surface area contributed by atoms with E-state index in [9.17, 15) is 9.90 Å². The molecule has 30 heavy (non-hydrogen) atoms. The largest absolute Gasteiger partial charge is 0.505 e. The number of amides is 1. The fraction of sp³-hybridized carbons (Fsp3) is 0. The maximum Gasteiger partial charge on any atom is 0.259 e. The summed E-state index contributed by atoms with van der Waals surface area (Å²) in [5.74, 6) is -0.739. The fourth-order valence-corrected chi connectivity index (χ4v) is 3.20. The summed E-state index contributed by atoms with van der Waals surface area (Å²) in [6.07, 6.45) is 0. The summed E-state index contributed by atoms with van der Waals surface area (Å²) in [4.78, 5) is 12.9. The van der Waals surface area contributed by atoms with Crippen LogP contribution in [0.4, 0.5) is 22.7 Å². The molecule has 7 heteroatoms. The number of hydrogen-bond acceptors (Lipinski definition) is 5. The predicted molar refractivity (Wildman–Crippen MR) is 120 cm³/mol. The Morgan fingerprint density at radius 2 is 1.70 bits per heavy atom. The molecule has 0 radical (unpaired) electrons. The van der Waals surface area contributed by atoms with Gasteiger partial charge in [0, 0.05) is 21.8 Å². The number of nitrogens with one attached hydrogen (secondary N) is 1. The molecule has 4 aromatic rings. The lowest BCUT2D eigenvalue weighted by Gasteiger charge is -2.11. The number of rotatable bonds is 4. The van der Waals surface area contributed by atoms with Crippen molar-refractivity contribution in [2.24, 2.45) is 10.2 Å². The van der Waals surface area contributed by atoms with Crippen LogP contribution in [0.15, 0.2) is 89.1 Å². The van der Waals surface area contributed by atoms with E-state index >= 15 is 0 Å². The third-order valence-corrected chi connectivity index (χ3v) is 4.72. The van der Waals surface area contributed by atoms with Crippen LogP contribution < -0.4 is 11.1 Å². The molecule has 0 atom stereocenters. The Balaban J connectivity index is 1.76. The summed E-state index contributed by atoms with van der Waals surface area (Å²) in [6, 6.07) is 22.6. The highest BCUT2D eigenvalue weighted by Gasteiger charge is 2.18. The normalized spacial score (nSPS) is 11.1. The second-order valence-electron chi connectivity index (χ2n) is 6.60. The molecule has 0 saturated heterocycles. The van der Waals surface area contributed by atoms with E-state index in [1.165, 1.54) is 0 Å². The van der Waals surface area contributed by atoms with Crippen molar-refractivity contribution >= 4 is 51.0 Å². The van der Waals surface area contributed by atoms with E-state index in [0.29, 0.717) is 27.5 Å². The molecule has 0 heterocycles. The van der Waals surface area contributed by atoms with Gasteiger partial charge >= 0.3 is 0 Å². The predicted octanol–water partition coefficient (Wildman–Crippen LogP) is 6.45. The van der Waals surface area contributed by atoms with Crippen molar-refractivity contribution in [2.45, 2.75) is 0 Å². The maximum absolute atomic E-state index is 12.9. The lowest BCUT2D eigenvalue weighted by molar-refractivity contribution is 0.102. The van der Waals surface area contributed by atoms with Crippen LogP contribution in [-0.2, 0) is 0 Å². The van der Waals surface area contributed by atoms with Crippen molar-refractivity contribution in [3.63, 3.8) is 0 Å². The first-order valence-electron chi connectivity index (χ1n) is 9.10. The van der Waals surface area contributed by atoms with Crippen LogP contribution in [0.5, 0.6) is 5.75 Å². The first kappa shape index (κ1) is 19.4. The van der Waals surface area contributed by atoms with E-state index in [2.05, 4.69) is 15.5 Å². The van der Waals surface area contributed by atoms with Gasteiger partial charge < -0.3 is 16.2 Å². The summed E-state index contributed by atoms with van der Waals surface area (Å²) < 4.78 is 0. The molecule has 0 aliphatic heterocycles. The zero-order valence-electron chi connectivity index (χ0n) is 15.7. The summed E-state index contributed by atoms with van der Waals surface area (Å²) in [5, 5.41) is 23.9. The number of halogens is 1. The Hall–Kier alpha value is -3.90. The Kier molecular flexibility index (Phi) is 5.32. The van der Waals surface area contributed by atoms with E-state index in [1.807, 2.05) is 24.3 Å². The standard InChI is InChI=1S/C23H17ClN4O2/c24-15-5-3-6-18(13-15)26-23(30)20-12-14-4-1-2-7-19(14)21(22(20)29)28-27-17-10-8-16(25)9-11-17/h1-13,29H,25H2,(H,26,30). The van der Waals surface area contributed by atoms with Crippen LogP contribution in [0, 0.1) is 0 Å². The van der Waals surface area contributed by atoms with Crippen molar-refractivity contribution in [1.29, 1.82) is 0 Å². The lowest BCUT2D eigenvalue weighted by Crippen LogP contribution is -2.12. The van der Waals surface area contributed by atoms with Gasteiger partial charge in [-0.2, -0.15) is 5.11 Å². The zero-order chi connectivity index (χ0) is 21.1. The smallest absolute Gasteiger partial charge is 0.259 e. The molecule has 4 aromatic carbocycles. The number of anilines is 2. The van der Waals surface area contributed by atoms with Gasteiger partial charge in [0.2, 0.25) is 0 Å². The van der Waals surface area contributed by atoms with E-state index < -0.39 is 5.91 Å². The van der Waals surface area contributed by atoms with Crippen molar-refractivity contribution in [1.82, 2.24) is 0 Å². The third kappa shape index (κ3) is 4.09. The molecule has 0 aliphatic rings. The molecule has 0 spiro atoms. The average molecular weight is 417 g/mol. The number of carbonyl (C=O) groups excluding carboxylic acids is 1. The van der Waals surface area contributed by atoms with Crippen LogP contribution >= 0.6 is 11.6 Å². The first-order chi connectivity index (χ1) is 14.5. The zero-order valence-corrected chi connectivity index (χ0v) is 16.5. The van der Waals surface area contributed by atoms with Crippen molar-refractivity contribution in [2.75, 3.05) is 11.1 Å². The number of benzene rings is 4. The minimum Gasteiger partial charge on any atom is -0.505 e. The number of hydrogen-bond donors (Lipinski definition) is 3. The van der Waals surface area contributed by atoms with Gasteiger partial charge in [-0.05, 0) is 53.9 Å².